The van der Waals surface area contributed by atoms with Gasteiger partial charge in [-0.2, -0.15) is 0 Å². The first-order chi connectivity index (χ1) is 13.1. The zero-order valence-electron chi connectivity index (χ0n) is 15.1. The van der Waals surface area contributed by atoms with E-state index in [2.05, 4.69) is 32.7 Å². The lowest BCUT2D eigenvalue weighted by Crippen LogP contribution is -2.26. The van der Waals surface area contributed by atoms with Crippen LogP contribution in [0.25, 0.3) is 0 Å². The summed E-state index contributed by atoms with van der Waals surface area (Å²) >= 11 is 0. The van der Waals surface area contributed by atoms with Gasteiger partial charge in [0.25, 0.3) is 5.91 Å². The zero-order chi connectivity index (χ0) is 19.1. The van der Waals surface area contributed by atoms with E-state index in [-0.39, 0.29) is 11.7 Å². The van der Waals surface area contributed by atoms with Gasteiger partial charge in [-0.15, -0.1) is 0 Å². The Morgan fingerprint density at radius 2 is 1.59 bits per heavy atom. The summed E-state index contributed by atoms with van der Waals surface area (Å²) in [4.78, 5) is 20.5. The number of carbonyl (C=O) groups is 1. The van der Waals surface area contributed by atoms with Crippen molar-refractivity contribution in [2.75, 3.05) is 11.9 Å². The van der Waals surface area contributed by atoms with E-state index < -0.39 is 0 Å². The van der Waals surface area contributed by atoms with Crippen LogP contribution in [0.5, 0.6) is 0 Å². The number of benzene rings is 2. The summed E-state index contributed by atoms with van der Waals surface area (Å²) in [5.74, 6) is -0.0309. The molecular weight excluding hydrogens is 343 g/mol. The van der Waals surface area contributed by atoms with Crippen molar-refractivity contribution in [1.82, 2.24) is 15.3 Å². The van der Waals surface area contributed by atoms with E-state index in [1.807, 2.05) is 19.1 Å². The fourth-order valence-electron chi connectivity index (χ4n) is 2.50. The Balaban J connectivity index is 1.46. The van der Waals surface area contributed by atoms with Gasteiger partial charge < -0.3 is 10.6 Å². The molecule has 1 heterocycles. The van der Waals surface area contributed by atoms with Gasteiger partial charge in [-0.3, -0.25) is 4.79 Å². The van der Waals surface area contributed by atoms with Crippen molar-refractivity contribution in [3.05, 3.63) is 89.0 Å². The Labute approximate surface area is 157 Å². The number of aromatic nitrogens is 2. The Bertz CT molecular complexity index is 878. The van der Waals surface area contributed by atoms with Crippen molar-refractivity contribution < 1.29 is 9.18 Å². The molecule has 0 radical (unpaired) electrons. The lowest BCUT2D eigenvalue weighted by molar-refractivity contribution is 0.0953. The summed E-state index contributed by atoms with van der Waals surface area (Å²) in [5, 5.41) is 5.94. The first-order valence-corrected chi connectivity index (χ1v) is 8.74. The van der Waals surface area contributed by atoms with Gasteiger partial charge in [-0.25, -0.2) is 14.4 Å². The molecule has 0 fully saturated rings. The Hall–Kier alpha value is -3.28. The summed E-state index contributed by atoms with van der Waals surface area (Å²) < 4.78 is 12.9. The molecule has 2 aromatic carbocycles. The Morgan fingerprint density at radius 3 is 2.26 bits per heavy atom. The molecule has 5 nitrogen and oxygen atoms in total. The minimum Gasteiger partial charge on any atom is -0.352 e. The molecule has 0 aliphatic rings. The van der Waals surface area contributed by atoms with Crippen molar-refractivity contribution in [3.63, 3.8) is 0 Å². The van der Waals surface area contributed by atoms with E-state index in [1.54, 1.807) is 12.1 Å². The highest BCUT2D eigenvalue weighted by atomic mass is 19.1. The highest BCUT2D eigenvalue weighted by Gasteiger charge is 2.07. The number of rotatable bonds is 7. The van der Waals surface area contributed by atoms with E-state index in [4.69, 9.17) is 0 Å². The monoisotopic (exact) mass is 364 g/mol. The van der Waals surface area contributed by atoms with Gasteiger partial charge in [0.1, 0.15) is 5.82 Å². The van der Waals surface area contributed by atoms with Crippen LogP contribution in [0.15, 0.2) is 60.9 Å². The third-order valence-electron chi connectivity index (χ3n) is 4.10. The zero-order valence-corrected chi connectivity index (χ0v) is 15.1. The second kappa shape index (κ2) is 8.89. The molecule has 0 bridgehead atoms. The predicted molar refractivity (Wildman–Crippen MR) is 103 cm³/mol. The maximum Gasteiger partial charge on any atom is 0.254 e. The predicted octanol–water partition coefficient (Wildman–Crippen LogP) is 3.51. The average Bonchev–Trinajstić information content (AvgIpc) is 2.69. The summed E-state index contributed by atoms with van der Waals surface area (Å²) in [6.07, 6.45) is 3.62. The van der Waals surface area contributed by atoms with Crippen LogP contribution < -0.4 is 10.6 Å². The van der Waals surface area contributed by atoms with Gasteiger partial charge in [-0.1, -0.05) is 42.0 Å². The number of aryl methyl sites for hydroxylation is 1. The molecule has 1 amide bonds. The summed E-state index contributed by atoms with van der Waals surface area (Å²) in [5.41, 5.74) is 3.70. The summed E-state index contributed by atoms with van der Waals surface area (Å²) in [7, 11) is 0. The van der Waals surface area contributed by atoms with Crippen LogP contribution in [0, 0.1) is 12.7 Å². The topological polar surface area (TPSA) is 66.9 Å². The van der Waals surface area contributed by atoms with Gasteiger partial charge in [0.15, 0.2) is 0 Å². The molecule has 0 atom stereocenters. The van der Waals surface area contributed by atoms with E-state index in [0.29, 0.717) is 31.0 Å². The molecule has 138 valence electrons. The van der Waals surface area contributed by atoms with Gasteiger partial charge in [0, 0.05) is 25.5 Å². The van der Waals surface area contributed by atoms with Crippen LogP contribution in [0.3, 0.4) is 0 Å². The maximum absolute atomic E-state index is 12.9. The van der Waals surface area contributed by atoms with E-state index in [9.17, 15) is 9.18 Å². The summed E-state index contributed by atoms with van der Waals surface area (Å²) in [6.45, 7) is 3.12. The largest absolute Gasteiger partial charge is 0.352 e. The van der Waals surface area contributed by atoms with Crippen molar-refractivity contribution in [3.8, 4) is 0 Å². The highest BCUT2D eigenvalue weighted by Crippen LogP contribution is 2.07. The van der Waals surface area contributed by atoms with Crippen molar-refractivity contribution in [2.45, 2.75) is 19.9 Å². The quantitative estimate of drug-likeness (QED) is 0.673. The normalized spacial score (nSPS) is 10.4. The van der Waals surface area contributed by atoms with E-state index >= 15 is 0 Å². The van der Waals surface area contributed by atoms with Gasteiger partial charge in [0.2, 0.25) is 5.95 Å². The van der Waals surface area contributed by atoms with Crippen LogP contribution in [0.2, 0.25) is 0 Å². The minimum absolute atomic E-state index is 0.234. The van der Waals surface area contributed by atoms with Crippen molar-refractivity contribution >= 4 is 11.9 Å². The molecule has 0 saturated carbocycles. The Morgan fingerprint density at radius 1 is 0.963 bits per heavy atom. The van der Waals surface area contributed by atoms with E-state index in [0.717, 1.165) is 11.1 Å². The lowest BCUT2D eigenvalue weighted by Gasteiger charge is -2.07. The minimum atomic E-state index is -0.268. The Kier molecular flexibility index (Phi) is 6.10. The fourth-order valence-corrected chi connectivity index (χ4v) is 2.50. The van der Waals surface area contributed by atoms with Crippen molar-refractivity contribution in [2.24, 2.45) is 0 Å². The molecule has 0 spiro atoms. The average molecular weight is 364 g/mol. The standard InChI is InChI=1S/C21H21FN4O/c1-15-2-4-17(5-3-15)12-24-21-25-13-18(14-26-21)20(27)23-11-10-16-6-8-19(22)9-7-16/h2-9,13-14H,10-12H2,1H3,(H,23,27)(H,24,25,26). The number of hydrogen-bond donors (Lipinski definition) is 2. The van der Waals surface area contributed by atoms with Crippen molar-refractivity contribution in [1.29, 1.82) is 0 Å². The van der Waals surface area contributed by atoms with Crippen LogP contribution >= 0.6 is 0 Å². The molecule has 0 saturated heterocycles. The molecular formula is C21H21FN4O. The van der Waals surface area contributed by atoms with Gasteiger partial charge >= 0.3 is 0 Å². The molecule has 0 aliphatic carbocycles. The number of nitrogens with one attached hydrogen (secondary N) is 2. The number of amides is 1. The van der Waals surface area contributed by atoms with Crippen LogP contribution in [-0.4, -0.2) is 22.4 Å². The maximum atomic E-state index is 12.9. The van der Waals surface area contributed by atoms with E-state index in [1.165, 1.54) is 30.1 Å². The van der Waals surface area contributed by atoms with Gasteiger partial charge in [-0.05, 0) is 36.6 Å². The van der Waals surface area contributed by atoms with Crippen LogP contribution in [0.1, 0.15) is 27.0 Å². The molecule has 3 rings (SSSR count). The number of nitrogens with zero attached hydrogens (tertiary/aromatic N) is 2. The second-order valence-electron chi connectivity index (χ2n) is 6.27. The van der Waals surface area contributed by atoms with Crippen LogP contribution in [0.4, 0.5) is 10.3 Å². The lowest BCUT2D eigenvalue weighted by atomic mass is 10.1. The van der Waals surface area contributed by atoms with Crippen LogP contribution in [-0.2, 0) is 13.0 Å². The number of halogens is 1. The molecule has 1 aromatic heterocycles. The first-order valence-electron chi connectivity index (χ1n) is 8.74. The first kappa shape index (κ1) is 18.5. The highest BCUT2D eigenvalue weighted by molar-refractivity contribution is 5.93. The molecule has 0 unspecified atom stereocenters. The second-order valence-corrected chi connectivity index (χ2v) is 6.27. The molecule has 0 aliphatic heterocycles. The van der Waals surface area contributed by atoms with Gasteiger partial charge in [0.05, 0.1) is 5.56 Å². The smallest absolute Gasteiger partial charge is 0.254 e. The SMILES string of the molecule is Cc1ccc(CNc2ncc(C(=O)NCCc3ccc(F)cc3)cn2)cc1. The number of carbonyl (C=O) groups excluding carboxylic acids is 1. The molecule has 6 heteroatoms. The number of anilines is 1. The molecule has 2 N–H and O–H groups in total. The third kappa shape index (κ3) is 5.60. The summed E-state index contributed by atoms with van der Waals surface area (Å²) in [6, 6.07) is 14.4. The number of hydrogen-bond acceptors (Lipinski definition) is 4. The fraction of sp³-hybridized carbons (Fsp3) is 0.190. The molecule has 3 aromatic rings. The third-order valence-corrected chi connectivity index (χ3v) is 4.10. The molecule has 27 heavy (non-hydrogen) atoms.